The zero-order valence-corrected chi connectivity index (χ0v) is 5.61. The van der Waals surface area contributed by atoms with Gasteiger partial charge in [-0.2, -0.15) is 4.98 Å². The quantitative estimate of drug-likeness (QED) is 0.625. The number of anilines is 1. The van der Waals surface area contributed by atoms with Crippen molar-refractivity contribution < 1.29 is 4.52 Å². The molecule has 0 aliphatic carbocycles. The molecule has 2 rings (SSSR count). The Balaban J connectivity index is 2.45. The number of nitrogens with one attached hydrogen (secondary N) is 1. The average molecular weight is 150 g/mol. The van der Waals surface area contributed by atoms with Gasteiger partial charge in [0.25, 0.3) is 0 Å². The van der Waals surface area contributed by atoms with Crippen LogP contribution in [0.15, 0.2) is 22.9 Å². The first-order valence-electron chi connectivity index (χ1n) is 3.09. The van der Waals surface area contributed by atoms with E-state index in [1.54, 1.807) is 6.20 Å². The summed E-state index contributed by atoms with van der Waals surface area (Å²) in [6.07, 6.45) is 1.78. The number of nitrogens with zero attached hydrogens (tertiary/aromatic N) is 2. The molecule has 0 amide bonds. The molecule has 11 heavy (non-hydrogen) atoms. The highest BCUT2D eigenvalue weighted by atomic mass is 16.5. The molecule has 56 valence electrons. The van der Waals surface area contributed by atoms with E-state index in [4.69, 9.17) is 5.73 Å². The summed E-state index contributed by atoms with van der Waals surface area (Å²) in [6.45, 7) is 0. The Bertz CT molecular complexity index is 337. The van der Waals surface area contributed by atoms with Crippen LogP contribution in [0, 0.1) is 0 Å². The molecule has 3 N–H and O–H groups in total. The first-order valence-corrected chi connectivity index (χ1v) is 3.09. The summed E-state index contributed by atoms with van der Waals surface area (Å²) < 4.78 is 4.58. The highest BCUT2D eigenvalue weighted by Gasteiger charge is 2.04. The Morgan fingerprint density at radius 2 is 2.45 bits per heavy atom. The molecule has 2 aromatic heterocycles. The van der Waals surface area contributed by atoms with Crippen LogP contribution >= 0.6 is 0 Å². The van der Waals surface area contributed by atoms with Crippen molar-refractivity contribution in [1.82, 2.24) is 15.1 Å². The zero-order valence-electron chi connectivity index (χ0n) is 5.61. The molecule has 0 saturated heterocycles. The van der Waals surface area contributed by atoms with Crippen LogP contribution in [0.5, 0.6) is 0 Å². The molecule has 0 aliphatic rings. The van der Waals surface area contributed by atoms with Crippen LogP contribution in [-0.4, -0.2) is 15.1 Å². The average Bonchev–Trinajstić information content (AvgIpc) is 2.55. The van der Waals surface area contributed by atoms with Crippen molar-refractivity contribution in [2.24, 2.45) is 0 Å². The number of hydrogen-bond donors (Lipinski definition) is 2. The SMILES string of the molecule is Nc1nc(-c2ccc[nH]2)no1. The van der Waals surface area contributed by atoms with E-state index in [2.05, 4.69) is 19.6 Å². The van der Waals surface area contributed by atoms with Crippen LogP contribution in [0.3, 0.4) is 0 Å². The van der Waals surface area contributed by atoms with Crippen LogP contribution in [0.25, 0.3) is 11.5 Å². The zero-order chi connectivity index (χ0) is 7.68. The van der Waals surface area contributed by atoms with Gasteiger partial charge in [0.2, 0.25) is 5.82 Å². The summed E-state index contributed by atoms with van der Waals surface area (Å²) in [5, 5.41) is 3.62. The number of nitrogen functional groups attached to an aromatic ring is 1. The van der Waals surface area contributed by atoms with E-state index in [9.17, 15) is 0 Å². The van der Waals surface area contributed by atoms with Gasteiger partial charge in [0.05, 0.1) is 5.69 Å². The predicted molar refractivity (Wildman–Crippen MR) is 38.5 cm³/mol. The van der Waals surface area contributed by atoms with Gasteiger partial charge in [0, 0.05) is 6.20 Å². The van der Waals surface area contributed by atoms with E-state index >= 15 is 0 Å². The monoisotopic (exact) mass is 150 g/mol. The number of aromatic amines is 1. The fourth-order valence-electron chi connectivity index (χ4n) is 0.814. The topological polar surface area (TPSA) is 80.7 Å². The third-order valence-electron chi connectivity index (χ3n) is 1.28. The van der Waals surface area contributed by atoms with Crippen molar-refractivity contribution in [3.8, 4) is 11.5 Å². The van der Waals surface area contributed by atoms with Crippen LogP contribution in [-0.2, 0) is 0 Å². The van der Waals surface area contributed by atoms with E-state index in [-0.39, 0.29) is 6.01 Å². The highest BCUT2D eigenvalue weighted by molar-refractivity contribution is 5.49. The van der Waals surface area contributed by atoms with Crippen LogP contribution in [0.4, 0.5) is 6.01 Å². The van der Waals surface area contributed by atoms with Crippen LogP contribution < -0.4 is 5.73 Å². The molecular weight excluding hydrogens is 144 g/mol. The van der Waals surface area contributed by atoms with Gasteiger partial charge < -0.3 is 15.2 Å². The van der Waals surface area contributed by atoms with Crippen molar-refractivity contribution >= 4 is 6.01 Å². The Kier molecular flexibility index (Phi) is 1.15. The minimum atomic E-state index is 0.0783. The third-order valence-corrected chi connectivity index (χ3v) is 1.28. The van der Waals surface area contributed by atoms with Gasteiger partial charge in [0.1, 0.15) is 0 Å². The molecule has 0 unspecified atom stereocenters. The molecule has 0 fully saturated rings. The Labute approximate surface area is 62.2 Å². The molecule has 2 heterocycles. The molecule has 0 radical (unpaired) electrons. The number of hydrogen-bond acceptors (Lipinski definition) is 4. The molecule has 0 atom stereocenters. The number of rotatable bonds is 1. The second-order valence-electron chi connectivity index (χ2n) is 2.04. The number of aromatic nitrogens is 3. The van der Waals surface area contributed by atoms with Crippen LogP contribution in [0.2, 0.25) is 0 Å². The van der Waals surface area contributed by atoms with Gasteiger partial charge in [-0.05, 0) is 12.1 Å². The summed E-state index contributed by atoms with van der Waals surface area (Å²) in [7, 11) is 0. The van der Waals surface area contributed by atoms with E-state index in [1.807, 2.05) is 12.1 Å². The van der Waals surface area contributed by atoms with Gasteiger partial charge in [-0.15, -0.1) is 0 Å². The van der Waals surface area contributed by atoms with E-state index in [0.29, 0.717) is 5.82 Å². The lowest BCUT2D eigenvalue weighted by Crippen LogP contribution is -1.83. The number of H-pyrrole nitrogens is 1. The standard InChI is InChI=1S/C6H6N4O/c7-6-9-5(10-11-6)4-2-1-3-8-4/h1-3,8H,(H2,7,9,10). The molecule has 0 bridgehead atoms. The summed E-state index contributed by atoms with van der Waals surface area (Å²) >= 11 is 0. The van der Waals surface area contributed by atoms with Gasteiger partial charge in [-0.3, -0.25) is 0 Å². The van der Waals surface area contributed by atoms with E-state index in [1.165, 1.54) is 0 Å². The lowest BCUT2D eigenvalue weighted by molar-refractivity contribution is 0.437. The molecule has 0 aromatic carbocycles. The van der Waals surface area contributed by atoms with Gasteiger partial charge in [0.15, 0.2) is 0 Å². The maximum absolute atomic E-state index is 5.23. The summed E-state index contributed by atoms with van der Waals surface area (Å²) in [6, 6.07) is 3.77. The largest absolute Gasteiger partial charge is 0.359 e. The van der Waals surface area contributed by atoms with Gasteiger partial charge >= 0.3 is 6.01 Å². The van der Waals surface area contributed by atoms with E-state index < -0.39 is 0 Å². The van der Waals surface area contributed by atoms with Crippen molar-refractivity contribution in [3.05, 3.63) is 18.3 Å². The maximum atomic E-state index is 5.23. The third kappa shape index (κ3) is 0.958. The summed E-state index contributed by atoms with van der Waals surface area (Å²) in [4.78, 5) is 6.75. The maximum Gasteiger partial charge on any atom is 0.319 e. The minimum absolute atomic E-state index is 0.0783. The highest BCUT2D eigenvalue weighted by Crippen LogP contribution is 2.12. The van der Waals surface area contributed by atoms with Crippen LogP contribution in [0.1, 0.15) is 0 Å². The summed E-state index contributed by atoms with van der Waals surface area (Å²) in [5.41, 5.74) is 6.03. The lowest BCUT2D eigenvalue weighted by Gasteiger charge is -1.82. The molecule has 0 aliphatic heterocycles. The Hall–Kier alpha value is -1.78. The fraction of sp³-hybridized carbons (Fsp3) is 0. The summed E-state index contributed by atoms with van der Waals surface area (Å²) in [5.74, 6) is 0.479. The van der Waals surface area contributed by atoms with Crippen molar-refractivity contribution in [2.75, 3.05) is 5.73 Å². The Morgan fingerprint density at radius 1 is 1.55 bits per heavy atom. The number of nitrogens with two attached hydrogens (primary N) is 1. The minimum Gasteiger partial charge on any atom is -0.359 e. The molecule has 0 saturated carbocycles. The fourth-order valence-corrected chi connectivity index (χ4v) is 0.814. The molecule has 5 nitrogen and oxygen atoms in total. The Morgan fingerprint density at radius 3 is 3.00 bits per heavy atom. The first-order chi connectivity index (χ1) is 5.36. The molecular formula is C6H6N4O. The van der Waals surface area contributed by atoms with Crippen molar-refractivity contribution in [1.29, 1.82) is 0 Å². The van der Waals surface area contributed by atoms with E-state index in [0.717, 1.165) is 5.69 Å². The smallest absolute Gasteiger partial charge is 0.319 e. The predicted octanol–water partition coefficient (Wildman–Crippen LogP) is 0.647. The molecule has 2 aromatic rings. The molecule has 5 heteroatoms. The van der Waals surface area contributed by atoms with Gasteiger partial charge in [-0.1, -0.05) is 5.16 Å². The van der Waals surface area contributed by atoms with Crippen molar-refractivity contribution in [2.45, 2.75) is 0 Å². The molecule has 0 spiro atoms. The first kappa shape index (κ1) is 5.96. The van der Waals surface area contributed by atoms with Crippen molar-refractivity contribution in [3.63, 3.8) is 0 Å². The second kappa shape index (κ2) is 2.12. The normalized spacial score (nSPS) is 10.2. The van der Waals surface area contributed by atoms with Gasteiger partial charge in [-0.25, -0.2) is 0 Å². The lowest BCUT2D eigenvalue weighted by atomic mass is 10.4. The second-order valence-corrected chi connectivity index (χ2v) is 2.04.